The molecule has 110 valence electrons. The molecular formula is C14H7F5O2. The average molecular weight is 302 g/mol. The minimum atomic E-state index is -4.73. The largest absolute Gasteiger partial charge is 0.451 e. The number of halogens is 5. The number of hydrogen-bond acceptors (Lipinski definition) is 2. The lowest BCUT2D eigenvalue weighted by molar-refractivity contribution is -0.138. The third kappa shape index (κ3) is 3.18. The van der Waals surface area contributed by atoms with Crippen molar-refractivity contribution in [3.05, 3.63) is 59.2 Å². The predicted octanol–water partition coefficient (Wildman–Crippen LogP) is 4.59. The van der Waals surface area contributed by atoms with Crippen LogP contribution in [0, 0.1) is 11.6 Å². The van der Waals surface area contributed by atoms with Gasteiger partial charge in [0, 0.05) is 5.56 Å². The summed E-state index contributed by atoms with van der Waals surface area (Å²) in [6, 6.07) is 5.36. The molecule has 2 nitrogen and oxygen atoms in total. The van der Waals surface area contributed by atoms with Gasteiger partial charge < -0.3 is 4.74 Å². The second-order valence-corrected chi connectivity index (χ2v) is 4.03. The van der Waals surface area contributed by atoms with Gasteiger partial charge in [-0.1, -0.05) is 12.1 Å². The van der Waals surface area contributed by atoms with Crippen molar-refractivity contribution in [3.63, 3.8) is 0 Å². The van der Waals surface area contributed by atoms with E-state index < -0.39 is 34.9 Å². The summed E-state index contributed by atoms with van der Waals surface area (Å²) < 4.78 is 70.2. The van der Waals surface area contributed by atoms with Crippen molar-refractivity contribution in [2.24, 2.45) is 0 Å². The summed E-state index contributed by atoms with van der Waals surface area (Å²) in [5, 5.41) is 0. The normalized spacial score (nSPS) is 11.3. The molecule has 0 aliphatic carbocycles. The zero-order valence-corrected chi connectivity index (χ0v) is 10.2. The Bertz CT molecular complexity index is 656. The van der Waals surface area contributed by atoms with E-state index >= 15 is 0 Å². The van der Waals surface area contributed by atoms with Gasteiger partial charge in [-0.3, -0.25) is 4.79 Å². The van der Waals surface area contributed by atoms with E-state index in [9.17, 15) is 26.7 Å². The van der Waals surface area contributed by atoms with Crippen LogP contribution in [-0.4, -0.2) is 6.29 Å². The van der Waals surface area contributed by atoms with Crippen molar-refractivity contribution in [2.75, 3.05) is 0 Å². The zero-order valence-electron chi connectivity index (χ0n) is 10.2. The smallest absolute Gasteiger partial charge is 0.419 e. The fourth-order valence-corrected chi connectivity index (χ4v) is 1.64. The molecule has 0 amide bonds. The molecule has 0 saturated heterocycles. The van der Waals surface area contributed by atoms with Gasteiger partial charge in [-0.15, -0.1) is 0 Å². The number of benzene rings is 2. The van der Waals surface area contributed by atoms with Crippen molar-refractivity contribution in [1.82, 2.24) is 0 Å². The van der Waals surface area contributed by atoms with Gasteiger partial charge in [-0.05, 0) is 24.3 Å². The van der Waals surface area contributed by atoms with Gasteiger partial charge in [0.1, 0.15) is 12.0 Å². The molecule has 0 saturated carbocycles. The van der Waals surface area contributed by atoms with Crippen molar-refractivity contribution >= 4 is 6.29 Å². The molecule has 0 radical (unpaired) electrons. The summed E-state index contributed by atoms with van der Waals surface area (Å²) in [4.78, 5) is 10.4. The monoisotopic (exact) mass is 302 g/mol. The second kappa shape index (κ2) is 5.51. The lowest BCUT2D eigenvalue weighted by atomic mass is 10.2. The fraction of sp³-hybridized carbons (Fsp3) is 0.0714. The van der Waals surface area contributed by atoms with E-state index in [2.05, 4.69) is 0 Å². The van der Waals surface area contributed by atoms with Gasteiger partial charge in [0.25, 0.3) is 0 Å². The van der Waals surface area contributed by atoms with Crippen LogP contribution in [0.5, 0.6) is 11.5 Å². The topological polar surface area (TPSA) is 26.3 Å². The Morgan fingerprint density at radius 2 is 1.57 bits per heavy atom. The Morgan fingerprint density at radius 3 is 2.10 bits per heavy atom. The minimum absolute atomic E-state index is 0.208. The molecule has 0 fully saturated rings. The van der Waals surface area contributed by atoms with E-state index in [1.165, 1.54) is 6.07 Å². The maximum absolute atomic E-state index is 13.6. The third-order valence-corrected chi connectivity index (χ3v) is 2.56. The van der Waals surface area contributed by atoms with Crippen LogP contribution in [0.15, 0.2) is 36.4 Å². The first kappa shape index (κ1) is 15.0. The van der Waals surface area contributed by atoms with E-state index in [4.69, 9.17) is 4.74 Å². The van der Waals surface area contributed by atoms with E-state index in [0.717, 1.165) is 18.2 Å². The lowest BCUT2D eigenvalue weighted by Gasteiger charge is -2.14. The lowest BCUT2D eigenvalue weighted by Crippen LogP contribution is -2.07. The van der Waals surface area contributed by atoms with E-state index in [-0.39, 0.29) is 11.8 Å². The van der Waals surface area contributed by atoms with Crippen LogP contribution >= 0.6 is 0 Å². The summed E-state index contributed by atoms with van der Waals surface area (Å²) in [5.41, 5.74) is -1.45. The molecule has 0 atom stereocenters. The maximum Gasteiger partial charge on any atom is 0.419 e. The molecule has 0 aromatic heterocycles. The van der Waals surface area contributed by atoms with Gasteiger partial charge in [0.05, 0.1) is 5.56 Å². The predicted molar refractivity (Wildman–Crippen MR) is 63.3 cm³/mol. The molecule has 2 rings (SSSR count). The van der Waals surface area contributed by atoms with Crippen molar-refractivity contribution in [2.45, 2.75) is 6.18 Å². The second-order valence-electron chi connectivity index (χ2n) is 4.03. The number of para-hydroxylation sites is 1. The number of ether oxygens (including phenoxy) is 1. The van der Waals surface area contributed by atoms with Gasteiger partial charge in [0.15, 0.2) is 17.4 Å². The van der Waals surface area contributed by atoms with Crippen LogP contribution in [0.3, 0.4) is 0 Å². The first-order chi connectivity index (χ1) is 9.82. The molecule has 2 aromatic rings. The highest BCUT2D eigenvalue weighted by molar-refractivity contribution is 5.75. The standard InChI is InChI=1S/C14H7F5O2/c15-10-5-8(7-20)6-11(16)13(10)21-12-4-2-1-3-9(12)14(17,18)19/h1-7H. The number of alkyl halides is 3. The molecule has 0 bridgehead atoms. The Labute approximate surface area is 115 Å². The van der Waals surface area contributed by atoms with Crippen molar-refractivity contribution < 1.29 is 31.5 Å². The molecule has 0 aliphatic heterocycles. The molecule has 7 heteroatoms. The molecule has 2 aromatic carbocycles. The highest BCUT2D eigenvalue weighted by Gasteiger charge is 2.34. The van der Waals surface area contributed by atoms with Crippen molar-refractivity contribution in [1.29, 1.82) is 0 Å². The first-order valence-electron chi connectivity index (χ1n) is 5.61. The molecule has 0 N–H and O–H groups in total. The number of carbonyl (C=O) groups is 1. The summed E-state index contributed by atoms with van der Waals surface area (Å²) in [5.74, 6) is -4.28. The molecule has 21 heavy (non-hydrogen) atoms. The number of aldehydes is 1. The fourth-order valence-electron chi connectivity index (χ4n) is 1.64. The molecule has 0 heterocycles. The Balaban J connectivity index is 2.47. The number of hydrogen-bond donors (Lipinski definition) is 0. The van der Waals surface area contributed by atoms with E-state index in [0.29, 0.717) is 12.1 Å². The third-order valence-electron chi connectivity index (χ3n) is 2.56. The quantitative estimate of drug-likeness (QED) is 0.612. The zero-order chi connectivity index (χ0) is 15.6. The average Bonchev–Trinajstić information content (AvgIpc) is 2.42. The Morgan fingerprint density at radius 1 is 1.00 bits per heavy atom. The van der Waals surface area contributed by atoms with Crippen LogP contribution in [-0.2, 0) is 6.18 Å². The Kier molecular flexibility index (Phi) is 3.93. The number of carbonyl (C=O) groups excluding carboxylic acids is 1. The molecular weight excluding hydrogens is 295 g/mol. The van der Waals surface area contributed by atoms with Crippen LogP contribution in [0.25, 0.3) is 0 Å². The van der Waals surface area contributed by atoms with Crippen LogP contribution in [0.1, 0.15) is 15.9 Å². The van der Waals surface area contributed by atoms with Gasteiger partial charge in [0.2, 0.25) is 0 Å². The summed E-state index contributed by atoms with van der Waals surface area (Å²) in [7, 11) is 0. The molecule has 0 aliphatic rings. The SMILES string of the molecule is O=Cc1cc(F)c(Oc2ccccc2C(F)(F)F)c(F)c1. The summed E-state index contributed by atoms with van der Waals surface area (Å²) >= 11 is 0. The highest BCUT2D eigenvalue weighted by atomic mass is 19.4. The molecule has 0 spiro atoms. The minimum Gasteiger partial charge on any atom is -0.451 e. The van der Waals surface area contributed by atoms with E-state index in [1.807, 2.05) is 0 Å². The van der Waals surface area contributed by atoms with Gasteiger partial charge >= 0.3 is 6.18 Å². The summed E-state index contributed by atoms with van der Waals surface area (Å²) in [6.07, 6.45) is -4.52. The summed E-state index contributed by atoms with van der Waals surface area (Å²) in [6.45, 7) is 0. The maximum atomic E-state index is 13.6. The van der Waals surface area contributed by atoms with Crippen molar-refractivity contribution in [3.8, 4) is 11.5 Å². The van der Waals surface area contributed by atoms with Crippen LogP contribution < -0.4 is 4.74 Å². The Hall–Kier alpha value is -2.44. The van der Waals surface area contributed by atoms with E-state index in [1.54, 1.807) is 0 Å². The number of rotatable bonds is 3. The van der Waals surface area contributed by atoms with Crippen LogP contribution in [0.2, 0.25) is 0 Å². The van der Waals surface area contributed by atoms with Crippen LogP contribution in [0.4, 0.5) is 22.0 Å². The molecule has 0 unspecified atom stereocenters. The van der Waals surface area contributed by atoms with Gasteiger partial charge in [-0.2, -0.15) is 13.2 Å². The first-order valence-corrected chi connectivity index (χ1v) is 5.61. The van der Waals surface area contributed by atoms with Gasteiger partial charge in [-0.25, -0.2) is 8.78 Å². The highest BCUT2D eigenvalue weighted by Crippen LogP contribution is 2.39.